The molecule has 7 nitrogen and oxygen atoms in total. The molecular weight excluding hydrogens is 344 g/mol. The molecule has 1 aromatic heterocycles. The standard InChI is InChI=1S/C20H20N4O3/c21-18(25)10-11-23(13-15-6-2-1-3-7-15)20(27)14-24-17-9-5-4-8-16(17)22-12-19(24)26/h1-9,12H,10-11,13-14H2,(H2,21,25). The molecule has 0 aliphatic heterocycles. The predicted octanol–water partition coefficient (Wildman–Crippen LogP) is 1.30. The van der Waals surface area contributed by atoms with E-state index in [2.05, 4.69) is 4.98 Å². The summed E-state index contributed by atoms with van der Waals surface area (Å²) >= 11 is 0. The summed E-state index contributed by atoms with van der Waals surface area (Å²) < 4.78 is 1.40. The molecular formula is C20H20N4O3. The number of para-hydroxylation sites is 2. The summed E-state index contributed by atoms with van der Waals surface area (Å²) in [4.78, 5) is 42.0. The highest BCUT2D eigenvalue weighted by molar-refractivity contribution is 5.81. The van der Waals surface area contributed by atoms with Gasteiger partial charge in [-0.3, -0.25) is 19.0 Å². The molecule has 0 unspecified atom stereocenters. The maximum atomic E-state index is 12.9. The SMILES string of the molecule is NC(=O)CCN(Cc1ccccc1)C(=O)Cn1c(=O)cnc2ccccc21. The van der Waals surface area contributed by atoms with Crippen molar-refractivity contribution in [2.24, 2.45) is 5.73 Å². The van der Waals surface area contributed by atoms with Gasteiger partial charge >= 0.3 is 0 Å². The van der Waals surface area contributed by atoms with Crippen molar-refractivity contribution in [3.8, 4) is 0 Å². The van der Waals surface area contributed by atoms with Crippen LogP contribution in [0.25, 0.3) is 11.0 Å². The number of hydrogen-bond acceptors (Lipinski definition) is 4. The minimum atomic E-state index is -0.479. The van der Waals surface area contributed by atoms with Gasteiger partial charge in [0.15, 0.2) is 0 Å². The fraction of sp³-hybridized carbons (Fsp3) is 0.200. The molecule has 27 heavy (non-hydrogen) atoms. The summed E-state index contributed by atoms with van der Waals surface area (Å²) in [5.41, 5.74) is 7.05. The molecule has 2 aromatic carbocycles. The van der Waals surface area contributed by atoms with E-state index in [0.717, 1.165) is 5.56 Å². The van der Waals surface area contributed by atoms with E-state index in [9.17, 15) is 14.4 Å². The number of hydrogen-bond donors (Lipinski definition) is 1. The van der Waals surface area contributed by atoms with Crippen LogP contribution in [0.5, 0.6) is 0 Å². The maximum Gasteiger partial charge on any atom is 0.269 e. The molecule has 0 aliphatic rings. The molecule has 1 heterocycles. The topological polar surface area (TPSA) is 98.3 Å². The van der Waals surface area contributed by atoms with Crippen LogP contribution < -0.4 is 11.3 Å². The first-order valence-electron chi connectivity index (χ1n) is 8.59. The van der Waals surface area contributed by atoms with Crippen molar-refractivity contribution in [1.29, 1.82) is 0 Å². The van der Waals surface area contributed by atoms with Crippen LogP contribution in [0.15, 0.2) is 65.6 Å². The molecule has 0 radical (unpaired) electrons. The van der Waals surface area contributed by atoms with Gasteiger partial charge in [0.2, 0.25) is 11.8 Å². The smallest absolute Gasteiger partial charge is 0.269 e. The Morgan fingerprint density at radius 1 is 1.04 bits per heavy atom. The van der Waals surface area contributed by atoms with Crippen LogP contribution in [0.1, 0.15) is 12.0 Å². The van der Waals surface area contributed by atoms with Gasteiger partial charge in [0.05, 0.1) is 17.2 Å². The van der Waals surface area contributed by atoms with Gasteiger partial charge in [-0.25, -0.2) is 4.98 Å². The van der Waals surface area contributed by atoms with E-state index >= 15 is 0 Å². The minimum absolute atomic E-state index is 0.0601. The molecule has 0 saturated carbocycles. The second kappa shape index (κ2) is 8.27. The fourth-order valence-corrected chi connectivity index (χ4v) is 2.85. The molecule has 2 N–H and O–H groups in total. The first-order chi connectivity index (χ1) is 13.0. The second-order valence-corrected chi connectivity index (χ2v) is 6.19. The van der Waals surface area contributed by atoms with Crippen LogP contribution in [0.3, 0.4) is 0 Å². The molecule has 0 fully saturated rings. The average Bonchev–Trinajstić information content (AvgIpc) is 2.68. The lowest BCUT2D eigenvalue weighted by atomic mass is 10.2. The van der Waals surface area contributed by atoms with Crippen molar-refractivity contribution in [3.05, 3.63) is 76.7 Å². The van der Waals surface area contributed by atoms with E-state index in [1.165, 1.54) is 10.8 Å². The molecule has 0 bridgehead atoms. The Balaban J connectivity index is 1.87. The van der Waals surface area contributed by atoms with Crippen molar-refractivity contribution in [2.45, 2.75) is 19.5 Å². The Hall–Kier alpha value is -3.48. The van der Waals surface area contributed by atoms with Crippen LogP contribution >= 0.6 is 0 Å². The first-order valence-corrected chi connectivity index (χ1v) is 8.59. The van der Waals surface area contributed by atoms with Gasteiger partial charge in [0.1, 0.15) is 6.54 Å². The number of primary amides is 1. The quantitative estimate of drug-likeness (QED) is 0.683. The molecule has 3 rings (SSSR count). The second-order valence-electron chi connectivity index (χ2n) is 6.19. The van der Waals surface area contributed by atoms with Crippen molar-refractivity contribution in [2.75, 3.05) is 6.54 Å². The van der Waals surface area contributed by atoms with Gasteiger partial charge in [0.25, 0.3) is 5.56 Å². The summed E-state index contributed by atoms with van der Waals surface area (Å²) in [5, 5.41) is 0. The lowest BCUT2D eigenvalue weighted by molar-refractivity contribution is -0.133. The van der Waals surface area contributed by atoms with E-state index in [4.69, 9.17) is 5.73 Å². The summed E-state index contributed by atoms with van der Waals surface area (Å²) in [6.45, 7) is 0.402. The molecule has 3 aromatic rings. The Labute approximate surface area is 156 Å². The van der Waals surface area contributed by atoms with Crippen LogP contribution in [-0.2, 0) is 22.7 Å². The third-order valence-corrected chi connectivity index (χ3v) is 4.24. The van der Waals surface area contributed by atoms with E-state index in [-0.39, 0.29) is 31.0 Å². The normalized spacial score (nSPS) is 10.7. The highest BCUT2D eigenvalue weighted by Gasteiger charge is 2.17. The number of carbonyl (C=O) groups excluding carboxylic acids is 2. The maximum absolute atomic E-state index is 12.9. The zero-order chi connectivity index (χ0) is 19.2. The Bertz CT molecular complexity index is 1010. The number of rotatable bonds is 7. The first kappa shape index (κ1) is 18.3. The van der Waals surface area contributed by atoms with Gasteiger partial charge in [-0.05, 0) is 17.7 Å². The Kier molecular flexibility index (Phi) is 5.61. The van der Waals surface area contributed by atoms with Crippen LogP contribution in [-0.4, -0.2) is 32.8 Å². The summed E-state index contributed by atoms with van der Waals surface area (Å²) in [6.07, 6.45) is 1.27. The molecule has 7 heteroatoms. The Morgan fingerprint density at radius 3 is 2.48 bits per heavy atom. The van der Waals surface area contributed by atoms with Gasteiger partial charge in [0, 0.05) is 19.5 Å². The fourth-order valence-electron chi connectivity index (χ4n) is 2.85. The number of aromatic nitrogens is 2. The van der Waals surface area contributed by atoms with Crippen molar-refractivity contribution >= 4 is 22.8 Å². The molecule has 0 spiro atoms. The highest BCUT2D eigenvalue weighted by atomic mass is 16.2. The number of fused-ring (bicyclic) bond motifs is 1. The van der Waals surface area contributed by atoms with Crippen LogP contribution in [0.4, 0.5) is 0 Å². The Morgan fingerprint density at radius 2 is 1.74 bits per heavy atom. The molecule has 138 valence electrons. The summed E-state index contributed by atoms with van der Waals surface area (Å²) in [7, 11) is 0. The summed E-state index contributed by atoms with van der Waals surface area (Å²) in [5.74, 6) is -0.744. The number of nitrogens with zero attached hydrogens (tertiary/aromatic N) is 3. The zero-order valence-electron chi connectivity index (χ0n) is 14.7. The van der Waals surface area contributed by atoms with Gasteiger partial charge in [-0.15, -0.1) is 0 Å². The number of amides is 2. The number of carbonyl (C=O) groups is 2. The molecule has 0 saturated heterocycles. The lowest BCUT2D eigenvalue weighted by Gasteiger charge is -2.23. The van der Waals surface area contributed by atoms with Crippen molar-refractivity contribution in [1.82, 2.24) is 14.5 Å². The van der Waals surface area contributed by atoms with Gasteiger partial charge in [-0.2, -0.15) is 0 Å². The predicted molar refractivity (Wildman–Crippen MR) is 102 cm³/mol. The number of benzene rings is 2. The van der Waals surface area contributed by atoms with Gasteiger partial charge in [-0.1, -0.05) is 42.5 Å². The summed E-state index contributed by atoms with van der Waals surface area (Å²) in [6, 6.07) is 16.6. The lowest BCUT2D eigenvalue weighted by Crippen LogP contribution is -2.38. The average molecular weight is 364 g/mol. The van der Waals surface area contributed by atoms with Gasteiger partial charge < -0.3 is 10.6 Å². The largest absolute Gasteiger partial charge is 0.370 e. The van der Waals surface area contributed by atoms with E-state index in [0.29, 0.717) is 17.6 Å². The van der Waals surface area contributed by atoms with E-state index in [1.807, 2.05) is 36.4 Å². The van der Waals surface area contributed by atoms with E-state index in [1.54, 1.807) is 23.1 Å². The van der Waals surface area contributed by atoms with Crippen LogP contribution in [0, 0.1) is 0 Å². The van der Waals surface area contributed by atoms with Crippen LogP contribution in [0.2, 0.25) is 0 Å². The molecule has 0 aliphatic carbocycles. The number of nitrogens with two attached hydrogens (primary N) is 1. The highest BCUT2D eigenvalue weighted by Crippen LogP contribution is 2.10. The van der Waals surface area contributed by atoms with E-state index < -0.39 is 5.91 Å². The minimum Gasteiger partial charge on any atom is -0.370 e. The van der Waals surface area contributed by atoms with Crippen molar-refractivity contribution < 1.29 is 9.59 Å². The monoisotopic (exact) mass is 364 g/mol. The zero-order valence-corrected chi connectivity index (χ0v) is 14.7. The molecule has 2 amide bonds. The molecule has 0 atom stereocenters. The third kappa shape index (κ3) is 4.58. The third-order valence-electron chi connectivity index (χ3n) is 4.24. The van der Waals surface area contributed by atoms with Crippen molar-refractivity contribution in [3.63, 3.8) is 0 Å².